The third kappa shape index (κ3) is 3.66. The fourth-order valence-electron chi connectivity index (χ4n) is 2.77. The molecule has 1 aliphatic heterocycles. The van der Waals surface area contributed by atoms with Gasteiger partial charge in [-0.1, -0.05) is 29.3 Å². The lowest BCUT2D eigenvalue weighted by Gasteiger charge is -2.26. The first-order valence-electron chi connectivity index (χ1n) is 8.40. The van der Waals surface area contributed by atoms with E-state index in [9.17, 15) is 8.42 Å². The highest BCUT2D eigenvalue weighted by molar-refractivity contribution is 7.92. The van der Waals surface area contributed by atoms with Crippen molar-refractivity contribution in [3.63, 3.8) is 0 Å². The minimum Gasteiger partial charge on any atom is -0.479 e. The van der Waals surface area contributed by atoms with Crippen LogP contribution in [0.3, 0.4) is 0 Å². The predicted octanol–water partition coefficient (Wildman–Crippen LogP) is 2.29. The van der Waals surface area contributed by atoms with E-state index in [1.54, 1.807) is 7.05 Å². The van der Waals surface area contributed by atoms with Crippen LogP contribution in [-0.2, 0) is 21.8 Å². The van der Waals surface area contributed by atoms with Crippen LogP contribution in [0.1, 0.15) is 0 Å². The van der Waals surface area contributed by atoms with Gasteiger partial charge in [0.05, 0.1) is 36.4 Å². The lowest BCUT2D eigenvalue weighted by atomic mass is 10.3. The molecule has 0 saturated carbocycles. The Morgan fingerprint density at radius 1 is 1.28 bits per heavy atom. The number of aromatic nitrogens is 4. The molecule has 1 aliphatic rings. The van der Waals surface area contributed by atoms with E-state index in [-0.39, 0.29) is 38.6 Å². The third-order valence-electron chi connectivity index (χ3n) is 4.25. The fraction of sp³-hybridized carbons (Fsp3) is 0.312. The van der Waals surface area contributed by atoms with Crippen molar-refractivity contribution < 1.29 is 17.9 Å². The van der Waals surface area contributed by atoms with Crippen LogP contribution in [0.15, 0.2) is 23.1 Å². The third-order valence-corrected chi connectivity index (χ3v) is 6.56. The average Bonchev–Trinajstić information content (AvgIpc) is 2.96. The monoisotopic (exact) mass is 458 g/mol. The number of nitrogens with zero attached hydrogens (tertiary/aromatic N) is 4. The van der Waals surface area contributed by atoms with Gasteiger partial charge in [-0.2, -0.15) is 9.97 Å². The lowest BCUT2D eigenvalue weighted by Crippen LogP contribution is -2.40. The van der Waals surface area contributed by atoms with Gasteiger partial charge in [0, 0.05) is 7.05 Å². The molecule has 0 aliphatic carbocycles. The number of hydrogen-bond acceptors (Lipinski definition) is 8. The molecule has 1 fully saturated rings. The molecule has 0 spiro atoms. The second-order valence-electron chi connectivity index (χ2n) is 6.26. The van der Waals surface area contributed by atoms with Gasteiger partial charge in [-0.3, -0.25) is 4.72 Å². The maximum atomic E-state index is 13.0. The number of aryl methyl sites for hydroxylation is 1. The molecular weight excluding hydrogens is 443 g/mol. The van der Waals surface area contributed by atoms with Gasteiger partial charge >= 0.3 is 0 Å². The molecule has 0 amide bonds. The van der Waals surface area contributed by atoms with Gasteiger partial charge in [0.25, 0.3) is 10.0 Å². The van der Waals surface area contributed by atoms with Gasteiger partial charge < -0.3 is 14.8 Å². The van der Waals surface area contributed by atoms with Crippen LogP contribution in [0.5, 0.6) is 5.88 Å². The highest BCUT2D eigenvalue weighted by atomic mass is 35.5. The predicted molar refractivity (Wildman–Crippen MR) is 108 cm³/mol. The van der Waals surface area contributed by atoms with Crippen LogP contribution < -0.4 is 14.8 Å². The maximum Gasteiger partial charge on any atom is 0.264 e. The van der Waals surface area contributed by atoms with Crippen molar-refractivity contribution in [1.29, 1.82) is 0 Å². The molecule has 2 aromatic heterocycles. The smallest absolute Gasteiger partial charge is 0.264 e. The normalized spacial score (nSPS) is 14.6. The van der Waals surface area contributed by atoms with Crippen LogP contribution in [-0.4, -0.2) is 54.5 Å². The highest BCUT2D eigenvalue weighted by Gasteiger charge is 2.26. The number of halogens is 2. The standard InChI is InChI=1S/C16H16Cl2N6O4S/c1-24-14-11(15(22-24)27-2)13(20-16(21-14)19-8-6-28-7-8)23-29(25,26)10-5-3-4-9(17)12(10)18/h3-5,8H,6-7H2,1-2H3,(H2,19,20,21,23). The first kappa shape index (κ1) is 20.0. The molecule has 10 nitrogen and oxygen atoms in total. The van der Waals surface area contributed by atoms with Crippen molar-refractivity contribution >= 4 is 56.0 Å². The fourth-order valence-corrected chi connectivity index (χ4v) is 4.55. The number of ether oxygens (including phenoxy) is 2. The summed E-state index contributed by atoms with van der Waals surface area (Å²) >= 11 is 12.1. The van der Waals surface area contributed by atoms with Crippen molar-refractivity contribution in [1.82, 2.24) is 19.7 Å². The lowest BCUT2D eigenvalue weighted by molar-refractivity contribution is 0.0208. The van der Waals surface area contributed by atoms with Crippen molar-refractivity contribution in [3.05, 3.63) is 28.2 Å². The molecule has 29 heavy (non-hydrogen) atoms. The van der Waals surface area contributed by atoms with E-state index in [4.69, 9.17) is 32.7 Å². The Kier molecular flexibility index (Phi) is 5.15. The molecule has 0 unspecified atom stereocenters. The Labute approximate surface area is 176 Å². The molecule has 154 valence electrons. The number of nitrogens with one attached hydrogen (secondary N) is 2. The number of methoxy groups -OCH3 is 1. The second kappa shape index (κ2) is 7.48. The summed E-state index contributed by atoms with van der Waals surface area (Å²) in [5.41, 5.74) is 0.384. The number of hydrogen-bond donors (Lipinski definition) is 2. The molecule has 0 bridgehead atoms. The number of sulfonamides is 1. The van der Waals surface area contributed by atoms with Crippen LogP contribution in [0, 0.1) is 0 Å². The summed E-state index contributed by atoms with van der Waals surface area (Å²) < 4.78 is 40.3. The van der Waals surface area contributed by atoms with Gasteiger partial charge in [0.15, 0.2) is 11.5 Å². The molecule has 3 heterocycles. The summed E-state index contributed by atoms with van der Waals surface area (Å²) in [5, 5.41) is 7.66. The van der Waals surface area contributed by atoms with E-state index in [0.29, 0.717) is 24.2 Å². The molecule has 4 rings (SSSR count). The van der Waals surface area contributed by atoms with Crippen LogP contribution in [0.25, 0.3) is 11.0 Å². The zero-order valence-corrected chi connectivity index (χ0v) is 17.6. The Balaban J connectivity index is 1.83. The summed E-state index contributed by atoms with van der Waals surface area (Å²) in [6, 6.07) is 4.38. The SMILES string of the molecule is COc1nn(C)c2nc(NC3COC3)nc(NS(=O)(=O)c3cccc(Cl)c3Cl)c12. The van der Waals surface area contributed by atoms with E-state index in [2.05, 4.69) is 25.1 Å². The van der Waals surface area contributed by atoms with Gasteiger partial charge in [-0.25, -0.2) is 13.1 Å². The summed E-state index contributed by atoms with van der Waals surface area (Å²) in [5.74, 6) is 0.404. The summed E-state index contributed by atoms with van der Waals surface area (Å²) in [7, 11) is -1.02. The molecule has 2 N–H and O–H groups in total. The number of fused-ring (bicyclic) bond motifs is 1. The minimum atomic E-state index is -4.11. The van der Waals surface area contributed by atoms with Crippen LogP contribution in [0.4, 0.5) is 11.8 Å². The Morgan fingerprint density at radius 3 is 2.69 bits per heavy atom. The van der Waals surface area contributed by atoms with Crippen molar-refractivity contribution in [3.8, 4) is 5.88 Å². The summed E-state index contributed by atoms with van der Waals surface area (Å²) in [4.78, 5) is 8.57. The average molecular weight is 459 g/mol. The highest BCUT2D eigenvalue weighted by Crippen LogP contribution is 2.34. The van der Waals surface area contributed by atoms with Crippen molar-refractivity contribution in [2.24, 2.45) is 7.05 Å². The molecule has 1 aromatic carbocycles. The van der Waals surface area contributed by atoms with Gasteiger partial charge in [0.1, 0.15) is 10.3 Å². The molecule has 1 saturated heterocycles. The number of rotatable bonds is 6. The van der Waals surface area contributed by atoms with Crippen molar-refractivity contribution in [2.45, 2.75) is 10.9 Å². The first-order chi connectivity index (χ1) is 13.8. The van der Waals surface area contributed by atoms with Crippen LogP contribution in [0.2, 0.25) is 10.0 Å². The molecule has 3 aromatic rings. The van der Waals surface area contributed by atoms with Gasteiger partial charge in [-0.05, 0) is 12.1 Å². The second-order valence-corrected chi connectivity index (χ2v) is 8.70. The summed E-state index contributed by atoms with van der Waals surface area (Å²) in [6.45, 7) is 1.02. The largest absolute Gasteiger partial charge is 0.479 e. The van der Waals surface area contributed by atoms with E-state index >= 15 is 0 Å². The Bertz CT molecular complexity index is 1200. The number of anilines is 2. The van der Waals surface area contributed by atoms with E-state index in [1.807, 2.05) is 0 Å². The topological polar surface area (TPSA) is 120 Å². The number of benzene rings is 1. The van der Waals surface area contributed by atoms with E-state index in [1.165, 1.54) is 30.0 Å². The van der Waals surface area contributed by atoms with Gasteiger partial charge in [0.2, 0.25) is 11.8 Å². The van der Waals surface area contributed by atoms with Gasteiger partial charge in [-0.15, -0.1) is 5.10 Å². The Hall–Kier alpha value is -2.34. The summed E-state index contributed by atoms with van der Waals surface area (Å²) in [6.07, 6.45) is 0. The molecule has 0 radical (unpaired) electrons. The molecular formula is C16H16Cl2N6O4S. The Morgan fingerprint density at radius 2 is 2.03 bits per heavy atom. The quantitative estimate of drug-likeness (QED) is 0.576. The zero-order chi connectivity index (χ0) is 20.8. The minimum absolute atomic E-state index is 0.00117. The van der Waals surface area contributed by atoms with E-state index in [0.717, 1.165) is 0 Å². The zero-order valence-electron chi connectivity index (χ0n) is 15.3. The van der Waals surface area contributed by atoms with Crippen LogP contribution >= 0.6 is 23.2 Å². The molecule has 0 atom stereocenters. The van der Waals surface area contributed by atoms with E-state index < -0.39 is 10.0 Å². The molecule has 13 heteroatoms. The first-order valence-corrected chi connectivity index (χ1v) is 10.6. The maximum absolute atomic E-state index is 13.0. The van der Waals surface area contributed by atoms with Crippen molar-refractivity contribution in [2.75, 3.05) is 30.4 Å².